The molecule has 1 unspecified atom stereocenters. The molecule has 2 bridgehead atoms. The van der Waals surface area contributed by atoms with Crippen LogP contribution in [0.1, 0.15) is 32.6 Å². The zero-order chi connectivity index (χ0) is 15.7. The molecule has 0 aliphatic carbocycles. The summed E-state index contributed by atoms with van der Waals surface area (Å²) in [5, 5.41) is 0.643. The first-order valence-corrected chi connectivity index (χ1v) is 8.25. The second-order valence-electron chi connectivity index (χ2n) is 6.29. The van der Waals surface area contributed by atoms with Gasteiger partial charge < -0.3 is 14.4 Å². The van der Waals surface area contributed by atoms with Crippen molar-refractivity contribution in [3.63, 3.8) is 0 Å². The van der Waals surface area contributed by atoms with Crippen LogP contribution in [0.4, 0.5) is 0 Å². The first-order chi connectivity index (χ1) is 10.5. The van der Waals surface area contributed by atoms with Gasteiger partial charge in [0.15, 0.2) is 6.10 Å². The summed E-state index contributed by atoms with van der Waals surface area (Å²) < 4.78 is 11.3. The lowest BCUT2D eigenvalue weighted by Crippen LogP contribution is -2.44. The van der Waals surface area contributed by atoms with E-state index in [1.807, 2.05) is 0 Å². The molecule has 2 aliphatic rings. The Morgan fingerprint density at radius 3 is 2.41 bits per heavy atom. The Morgan fingerprint density at radius 2 is 1.82 bits per heavy atom. The predicted octanol–water partition coefficient (Wildman–Crippen LogP) is 3.28. The van der Waals surface area contributed by atoms with Crippen LogP contribution in [0.15, 0.2) is 24.3 Å². The van der Waals surface area contributed by atoms with Crippen molar-refractivity contribution in [3.8, 4) is 5.75 Å². The summed E-state index contributed by atoms with van der Waals surface area (Å²) >= 11 is 5.83. The van der Waals surface area contributed by atoms with Crippen molar-refractivity contribution < 1.29 is 14.3 Å². The van der Waals surface area contributed by atoms with Gasteiger partial charge in [-0.25, -0.2) is 4.79 Å². The quantitative estimate of drug-likeness (QED) is 0.797. The molecule has 2 aliphatic heterocycles. The molecule has 4 atom stereocenters. The molecule has 3 rings (SSSR count). The number of piperidine rings is 1. The highest BCUT2D eigenvalue weighted by atomic mass is 35.5. The molecule has 1 aromatic rings. The number of ether oxygens (including phenoxy) is 2. The zero-order valence-electron chi connectivity index (χ0n) is 13.0. The minimum absolute atomic E-state index is 0.0254. The average Bonchev–Trinajstić information content (AvgIpc) is 2.72. The standard InChI is InChI=1S/C17H22ClNO3/c1-11(21-15-7-3-12(18)4-8-15)17(20)22-16-9-13-5-6-14(10-16)19(13)2/h3-4,7-8,11,13-14,16H,5-6,9-10H2,1-2H3/t11-,13-,14+,16?/m0/s1. The van der Waals surface area contributed by atoms with E-state index in [2.05, 4.69) is 11.9 Å². The van der Waals surface area contributed by atoms with Gasteiger partial charge in [0.25, 0.3) is 0 Å². The van der Waals surface area contributed by atoms with E-state index in [0.717, 1.165) is 12.8 Å². The lowest BCUT2D eigenvalue weighted by Gasteiger charge is -2.36. The van der Waals surface area contributed by atoms with E-state index in [1.165, 1.54) is 12.8 Å². The van der Waals surface area contributed by atoms with Crippen LogP contribution in [0, 0.1) is 0 Å². The molecule has 0 amide bonds. The van der Waals surface area contributed by atoms with Crippen LogP contribution >= 0.6 is 11.6 Å². The van der Waals surface area contributed by atoms with Crippen molar-refractivity contribution >= 4 is 17.6 Å². The number of rotatable bonds is 4. The van der Waals surface area contributed by atoms with Crippen molar-refractivity contribution in [1.29, 1.82) is 0 Å². The second-order valence-corrected chi connectivity index (χ2v) is 6.73. The van der Waals surface area contributed by atoms with E-state index in [1.54, 1.807) is 31.2 Å². The van der Waals surface area contributed by atoms with Crippen molar-refractivity contribution in [1.82, 2.24) is 4.90 Å². The smallest absolute Gasteiger partial charge is 0.347 e. The Kier molecular flexibility index (Phi) is 4.59. The molecule has 0 radical (unpaired) electrons. The molecular formula is C17H22ClNO3. The average molecular weight is 324 g/mol. The molecule has 5 heteroatoms. The van der Waals surface area contributed by atoms with E-state index < -0.39 is 6.10 Å². The van der Waals surface area contributed by atoms with E-state index >= 15 is 0 Å². The minimum atomic E-state index is -0.613. The lowest BCUT2D eigenvalue weighted by molar-refractivity contribution is -0.159. The predicted molar refractivity (Wildman–Crippen MR) is 85.2 cm³/mol. The number of nitrogens with zero attached hydrogens (tertiary/aromatic N) is 1. The van der Waals surface area contributed by atoms with E-state index in [4.69, 9.17) is 21.1 Å². The second kappa shape index (κ2) is 6.47. The minimum Gasteiger partial charge on any atom is -0.479 e. The van der Waals surface area contributed by atoms with Crippen molar-refractivity contribution in [2.24, 2.45) is 0 Å². The summed E-state index contributed by atoms with van der Waals surface area (Å²) in [5.74, 6) is 0.334. The van der Waals surface area contributed by atoms with Crippen LogP contribution in [-0.2, 0) is 9.53 Å². The topological polar surface area (TPSA) is 38.8 Å². The summed E-state index contributed by atoms with van der Waals surface area (Å²) in [5.41, 5.74) is 0. The van der Waals surface area contributed by atoms with E-state index in [-0.39, 0.29) is 12.1 Å². The fourth-order valence-electron chi connectivity index (χ4n) is 3.48. The molecule has 2 heterocycles. The molecule has 2 fully saturated rings. The van der Waals surface area contributed by atoms with E-state index in [0.29, 0.717) is 22.9 Å². The molecule has 22 heavy (non-hydrogen) atoms. The highest BCUT2D eigenvalue weighted by Crippen LogP contribution is 2.35. The monoisotopic (exact) mass is 323 g/mol. The fourth-order valence-corrected chi connectivity index (χ4v) is 3.61. The molecule has 0 N–H and O–H groups in total. The summed E-state index contributed by atoms with van der Waals surface area (Å²) in [7, 11) is 2.17. The Morgan fingerprint density at radius 1 is 1.23 bits per heavy atom. The maximum atomic E-state index is 12.2. The maximum absolute atomic E-state index is 12.2. The van der Waals surface area contributed by atoms with Gasteiger partial charge >= 0.3 is 5.97 Å². The lowest BCUT2D eigenvalue weighted by atomic mass is 10.0. The van der Waals surface area contributed by atoms with Crippen LogP contribution in [0.3, 0.4) is 0 Å². The van der Waals surface area contributed by atoms with Gasteiger partial charge in [0.05, 0.1) is 0 Å². The van der Waals surface area contributed by atoms with Gasteiger partial charge in [-0.3, -0.25) is 0 Å². The molecule has 120 valence electrons. The van der Waals surface area contributed by atoms with Crippen LogP contribution in [0.5, 0.6) is 5.75 Å². The molecule has 1 aromatic carbocycles. The van der Waals surface area contributed by atoms with Crippen LogP contribution < -0.4 is 4.74 Å². The Labute approximate surface area is 136 Å². The van der Waals surface area contributed by atoms with Gasteiger partial charge in [-0.05, 0) is 63.9 Å². The first-order valence-electron chi connectivity index (χ1n) is 7.87. The molecule has 0 spiro atoms. The zero-order valence-corrected chi connectivity index (χ0v) is 13.8. The van der Waals surface area contributed by atoms with Gasteiger partial charge in [-0.2, -0.15) is 0 Å². The molecule has 2 saturated heterocycles. The number of fused-ring (bicyclic) bond motifs is 2. The Hall–Kier alpha value is -1.26. The number of benzene rings is 1. The number of hydrogen-bond acceptors (Lipinski definition) is 4. The van der Waals surface area contributed by atoms with Crippen LogP contribution in [0.2, 0.25) is 5.02 Å². The van der Waals surface area contributed by atoms with Gasteiger partial charge in [0.1, 0.15) is 11.9 Å². The van der Waals surface area contributed by atoms with Gasteiger partial charge in [0, 0.05) is 17.1 Å². The van der Waals surface area contributed by atoms with Gasteiger partial charge in [0.2, 0.25) is 0 Å². The maximum Gasteiger partial charge on any atom is 0.347 e. The molecule has 0 saturated carbocycles. The Bertz CT molecular complexity index is 519. The summed E-state index contributed by atoms with van der Waals surface area (Å²) in [6.45, 7) is 1.72. The first kappa shape index (κ1) is 15.6. The molecular weight excluding hydrogens is 302 g/mol. The summed E-state index contributed by atoms with van der Waals surface area (Å²) in [6.07, 6.45) is 3.72. The van der Waals surface area contributed by atoms with Crippen LogP contribution in [0.25, 0.3) is 0 Å². The third kappa shape index (κ3) is 3.39. The van der Waals surface area contributed by atoms with Gasteiger partial charge in [-0.15, -0.1) is 0 Å². The van der Waals surface area contributed by atoms with Crippen LogP contribution in [-0.4, -0.2) is 42.2 Å². The number of hydrogen-bond donors (Lipinski definition) is 0. The van der Waals surface area contributed by atoms with Crippen molar-refractivity contribution in [2.75, 3.05) is 7.05 Å². The molecule has 0 aromatic heterocycles. The van der Waals surface area contributed by atoms with Crippen molar-refractivity contribution in [2.45, 2.75) is 56.9 Å². The summed E-state index contributed by atoms with van der Waals surface area (Å²) in [4.78, 5) is 14.6. The van der Waals surface area contributed by atoms with E-state index in [9.17, 15) is 4.79 Å². The normalized spacial score (nSPS) is 29.1. The third-order valence-corrected chi connectivity index (χ3v) is 5.05. The molecule has 4 nitrogen and oxygen atoms in total. The van der Waals surface area contributed by atoms with Gasteiger partial charge in [-0.1, -0.05) is 11.6 Å². The third-order valence-electron chi connectivity index (χ3n) is 4.80. The SMILES string of the molecule is C[C@H](Oc1ccc(Cl)cc1)C(=O)OC1C[C@H]2CC[C@@H](C1)N2C. The summed E-state index contributed by atoms with van der Waals surface area (Å²) in [6, 6.07) is 8.10. The number of carbonyl (C=O) groups excluding carboxylic acids is 1. The fraction of sp³-hybridized carbons (Fsp3) is 0.588. The highest BCUT2D eigenvalue weighted by Gasteiger charge is 2.40. The number of halogens is 1. The largest absolute Gasteiger partial charge is 0.479 e. The Balaban J connectivity index is 1.52. The number of esters is 1. The number of carbonyl (C=O) groups is 1. The highest BCUT2D eigenvalue weighted by molar-refractivity contribution is 6.30. The van der Waals surface area contributed by atoms with Crippen molar-refractivity contribution in [3.05, 3.63) is 29.3 Å².